The molecule has 1 aromatic rings. The van der Waals surface area contributed by atoms with Gasteiger partial charge >= 0.3 is 5.97 Å². The molecule has 0 aromatic carbocycles. The van der Waals surface area contributed by atoms with Gasteiger partial charge in [-0.2, -0.15) is 5.10 Å². The zero-order valence-electron chi connectivity index (χ0n) is 11.3. The monoisotopic (exact) mass is 265 g/mol. The average molecular weight is 265 g/mol. The van der Waals surface area contributed by atoms with Crippen LogP contribution in [0.5, 0.6) is 0 Å². The van der Waals surface area contributed by atoms with E-state index >= 15 is 0 Å². The number of aromatic nitrogens is 2. The van der Waals surface area contributed by atoms with E-state index in [2.05, 4.69) is 11.7 Å². The molecule has 6 nitrogen and oxygen atoms in total. The van der Waals surface area contributed by atoms with Crippen molar-refractivity contribution in [2.45, 2.75) is 26.8 Å². The molecule has 0 saturated carbocycles. The van der Waals surface area contributed by atoms with Gasteiger partial charge in [-0.3, -0.25) is 14.3 Å². The number of rotatable bonds is 7. The molecule has 0 aliphatic rings. The zero-order chi connectivity index (χ0) is 14.4. The lowest BCUT2D eigenvalue weighted by molar-refractivity contribution is -0.137. The topological polar surface area (TPSA) is 75.4 Å². The zero-order valence-corrected chi connectivity index (χ0v) is 11.3. The molecule has 0 unspecified atom stereocenters. The molecule has 19 heavy (non-hydrogen) atoms. The van der Waals surface area contributed by atoms with E-state index in [4.69, 9.17) is 5.11 Å². The Kier molecular flexibility index (Phi) is 5.29. The molecule has 104 valence electrons. The van der Waals surface area contributed by atoms with Crippen LogP contribution in [0.1, 0.15) is 30.0 Å². The third kappa shape index (κ3) is 3.67. The normalized spacial score (nSPS) is 10.2. The molecule has 0 bridgehead atoms. The van der Waals surface area contributed by atoms with Crippen molar-refractivity contribution in [3.63, 3.8) is 0 Å². The molecule has 0 spiro atoms. The van der Waals surface area contributed by atoms with Crippen LogP contribution in [0.2, 0.25) is 0 Å². The number of carbonyl (C=O) groups excluding carboxylic acids is 1. The van der Waals surface area contributed by atoms with Gasteiger partial charge in [0.15, 0.2) is 0 Å². The number of aliphatic carboxylic acids is 1. The summed E-state index contributed by atoms with van der Waals surface area (Å²) in [5.74, 6) is -1.38. The van der Waals surface area contributed by atoms with E-state index in [0.29, 0.717) is 12.2 Å². The van der Waals surface area contributed by atoms with E-state index in [9.17, 15) is 9.59 Å². The van der Waals surface area contributed by atoms with Gasteiger partial charge in [-0.25, -0.2) is 0 Å². The average Bonchev–Trinajstić information content (AvgIpc) is 2.80. The first-order chi connectivity index (χ1) is 9.03. The Labute approximate surface area is 112 Å². The summed E-state index contributed by atoms with van der Waals surface area (Å²) >= 11 is 0. The van der Waals surface area contributed by atoms with Crippen LogP contribution in [0.4, 0.5) is 0 Å². The highest BCUT2D eigenvalue weighted by Gasteiger charge is 2.21. The van der Waals surface area contributed by atoms with Crippen molar-refractivity contribution < 1.29 is 14.7 Å². The Bertz CT molecular complexity index is 479. The van der Waals surface area contributed by atoms with Crippen LogP contribution >= 0.6 is 0 Å². The molecule has 1 aromatic heterocycles. The van der Waals surface area contributed by atoms with Gasteiger partial charge in [0.05, 0.1) is 5.69 Å². The SMILES string of the molecule is C=CCN(CC(=O)O)C(=O)c1cc(CC)nn1CC. The summed E-state index contributed by atoms with van der Waals surface area (Å²) in [6.45, 7) is 7.79. The standard InChI is InChI=1S/C13H19N3O3/c1-4-7-15(9-12(17)18)13(19)11-8-10(5-2)14-16(11)6-3/h4,8H,1,5-7,9H2,2-3H3,(H,17,18). The van der Waals surface area contributed by atoms with Crippen LogP contribution in [0.3, 0.4) is 0 Å². The molecule has 0 aliphatic heterocycles. The van der Waals surface area contributed by atoms with Gasteiger partial charge in [0, 0.05) is 13.1 Å². The predicted molar refractivity (Wildman–Crippen MR) is 71.0 cm³/mol. The number of carbonyl (C=O) groups is 2. The van der Waals surface area contributed by atoms with Crippen molar-refractivity contribution in [2.75, 3.05) is 13.1 Å². The van der Waals surface area contributed by atoms with Gasteiger partial charge < -0.3 is 10.0 Å². The van der Waals surface area contributed by atoms with E-state index in [1.54, 1.807) is 10.7 Å². The fourth-order valence-corrected chi connectivity index (χ4v) is 1.76. The van der Waals surface area contributed by atoms with Crippen LogP contribution in [0.25, 0.3) is 0 Å². The van der Waals surface area contributed by atoms with Crippen molar-refractivity contribution in [2.24, 2.45) is 0 Å². The number of carboxylic acid groups (broad SMARTS) is 1. The minimum Gasteiger partial charge on any atom is -0.480 e. The highest BCUT2D eigenvalue weighted by atomic mass is 16.4. The smallest absolute Gasteiger partial charge is 0.323 e. The lowest BCUT2D eigenvalue weighted by Gasteiger charge is -2.18. The van der Waals surface area contributed by atoms with E-state index in [-0.39, 0.29) is 19.0 Å². The molecule has 1 heterocycles. The number of hydrogen-bond acceptors (Lipinski definition) is 3. The summed E-state index contributed by atoms with van der Waals surface area (Å²) in [7, 11) is 0. The Morgan fingerprint density at radius 2 is 2.21 bits per heavy atom. The number of carboxylic acids is 1. The third-order valence-corrected chi connectivity index (χ3v) is 2.67. The minimum absolute atomic E-state index is 0.196. The number of amides is 1. The van der Waals surface area contributed by atoms with E-state index in [1.165, 1.54) is 11.0 Å². The first kappa shape index (κ1) is 14.9. The molecule has 1 N–H and O–H groups in total. The van der Waals surface area contributed by atoms with Crippen molar-refractivity contribution in [3.8, 4) is 0 Å². The third-order valence-electron chi connectivity index (χ3n) is 2.67. The summed E-state index contributed by atoms with van der Waals surface area (Å²) in [6, 6.07) is 1.71. The van der Waals surface area contributed by atoms with Crippen LogP contribution in [-0.2, 0) is 17.8 Å². The molecule has 1 amide bonds. The van der Waals surface area contributed by atoms with E-state index < -0.39 is 5.97 Å². The highest BCUT2D eigenvalue weighted by Crippen LogP contribution is 2.09. The molecular formula is C13H19N3O3. The largest absolute Gasteiger partial charge is 0.480 e. The van der Waals surface area contributed by atoms with Gasteiger partial charge in [0.25, 0.3) is 5.91 Å². The fourth-order valence-electron chi connectivity index (χ4n) is 1.76. The molecule has 1 rings (SSSR count). The second-order valence-corrected chi connectivity index (χ2v) is 4.06. The van der Waals surface area contributed by atoms with Gasteiger partial charge in [0.2, 0.25) is 0 Å². The second-order valence-electron chi connectivity index (χ2n) is 4.06. The van der Waals surface area contributed by atoms with Crippen LogP contribution < -0.4 is 0 Å². The predicted octanol–water partition coefficient (Wildman–Crippen LogP) is 1.18. The molecule has 6 heteroatoms. The maximum atomic E-state index is 12.3. The Morgan fingerprint density at radius 1 is 1.53 bits per heavy atom. The molecular weight excluding hydrogens is 246 g/mol. The maximum Gasteiger partial charge on any atom is 0.323 e. The van der Waals surface area contributed by atoms with Crippen LogP contribution in [0, 0.1) is 0 Å². The van der Waals surface area contributed by atoms with E-state index in [0.717, 1.165) is 12.1 Å². The van der Waals surface area contributed by atoms with Gasteiger partial charge in [-0.1, -0.05) is 13.0 Å². The summed E-state index contributed by atoms with van der Waals surface area (Å²) in [5.41, 5.74) is 1.24. The van der Waals surface area contributed by atoms with E-state index in [1.807, 2.05) is 13.8 Å². The molecule has 0 saturated heterocycles. The molecule has 0 atom stereocenters. The Hall–Kier alpha value is -2.11. The Balaban J connectivity index is 3.03. The minimum atomic E-state index is -1.05. The van der Waals surface area contributed by atoms with Crippen molar-refractivity contribution in [3.05, 3.63) is 30.1 Å². The lowest BCUT2D eigenvalue weighted by atomic mass is 10.2. The van der Waals surface area contributed by atoms with Crippen molar-refractivity contribution in [1.29, 1.82) is 0 Å². The van der Waals surface area contributed by atoms with Gasteiger partial charge in [-0.05, 0) is 19.4 Å². The number of aryl methyl sites for hydroxylation is 2. The second kappa shape index (κ2) is 6.72. The maximum absolute atomic E-state index is 12.3. The van der Waals surface area contributed by atoms with Gasteiger partial charge in [0.1, 0.15) is 12.2 Å². The summed E-state index contributed by atoms with van der Waals surface area (Å²) < 4.78 is 1.60. The molecule has 0 fully saturated rings. The Morgan fingerprint density at radius 3 is 2.68 bits per heavy atom. The van der Waals surface area contributed by atoms with Crippen molar-refractivity contribution in [1.82, 2.24) is 14.7 Å². The van der Waals surface area contributed by atoms with Gasteiger partial charge in [-0.15, -0.1) is 6.58 Å². The quantitative estimate of drug-likeness (QED) is 0.751. The molecule has 0 aliphatic carbocycles. The summed E-state index contributed by atoms with van der Waals surface area (Å²) in [6.07, 6.45) is 2.24. The number of hydrogen-bond donors (Lipinski definition) is 1. The highest BCUT2D eigenvalue weighted by molar-refractivity contribution is 5.94. The summed E-state index contributed by atoms with van der Waals surface area (Å²) in [4.78, 5) is 24.4. The first-order valence-corrected chi connectivity index (χ1v) is 6.22. The summed E-state index contributed by atoms with van der Waals surface area (Å²) in [5, 5.41) is 13.1. The lowest BCUT2D eigenvalue weighted by Crippen LogP contribution is -2.36. The van der Waals surface area contributed by atoms with Crippen LogP contribution in [-0.4, -0.2) is 44.8 Å². The van der Waals surface area contributed by atoms with Crippen LogP contribution in [0.15, 0.2) is 18.7 Å². The fraction of sp³-hybridized carbons (Fsp3) is 0.462. The molecule has 0 radical (unpaired) electrons. The number of nitrogens with zero attached hydrogens (tertiary/aromatic N) is 3. The van der Waals surface area contributed by atoms with Crippen molar-refractivity contribution >= 4 is 11.9 Å². The first-order valence-electron chi connectivity index (χ1n) is 6.22.